The van der Waals surface area contributed by atoms with E-state index in [9.17, 15) is 5.11 Å². The van der Waals surface area contributed by atoms with E-state index in [0.717, 1.165) is 12.3 Å². The van der Waals surface area contributed by atoms with E-state index in [1.807, 2.05) is 0 Å². The fraction of sp³-hybridized carbons (Fsp3) is 1.00. The summed E-state index contributed by atoms with van der Waals surface area (Å²) in [6.07, 6.45) is 12.0. The molecule has 1 unspecified atom stereocenters. The summed E-state index contributed by atoms with van der Waals surface area (Å²) in [5, 5.41) is 10.0. The Morgan fingerprint density at radius 3 is 2.15 bits per heavy atom. The van der Waals surface area contributed by atoms with Crippen molar-refractivity contribution in [3.05, 3.63) is 0 Å². The van der Waals surface area contributed by atoms with Gasteiger partial charge in [0, 0.05) is 0 Å². The highest BCUT2D eigenvalue weighted by Crippen LogP contribution is 2.35. The molecule has 0 bridgehead atoms. The predicted molar refractivity (Wildman–Crippen MR) is 54.5 cm³/mol. The first kappa shape index (κ1) is 9.51. The Labute approximate surface area is 81.5 Å². The normalized spacial score (nSPS) is 28.4. The van der Waals surface area contributed by atoms with Gasteiger partial charge in [-0.05, 0) is 31.1 Å². The van der Waals surface area contributed by atoms with Crippen molar-refractivity contribution >= 4 is 0 Å². The van der Waals surface area contributed by atoms with Crippen LogP contribution in [0.1, 0.15) is 57.8 Å². The van der Waals surface area contributed by atoms with Crippen molar-refractivity contribution in [2.75, 3.05) is 0 Å². The first-order valence-electron chi connectivity index (χ1n) is 6.04. The Hall–Kier alpha value is -0.0400. The van der Waals surface area contributed by atoms with E-state index in [2.05, 4.69) is 0 Å². The summed E-state index contributed by atoms with van der Waals surface area (Å²) in [6, 6.07) is 0. The molecule has 1 N–H and O–H groups in total. The highest BCUT2D eigenvalue weighted by Gasteiger charge is 2.26. The highest BCUT2D eigenvalue weighted by molar-refractivity contribution is 4.79. The first-order valence-corrected chi connectivity index (χ1v) is 6.04. The van der Waals surface area contributed by atoms with Gasteiger partial charge in [0.1, 0.15) is 0 Å². The molecule has 2 aliphatic rings. The molecule has 2 fully saturated rings. The molecule has 0 amide bonds. The smallest absolute Gasteiger partial charge is 0.0571 e. The minimum Gasteiger partial charge on any atom is -0.393 e. The number of hydrogen-bond acceptors (Lipinski definition) is 1. The zero-order valence-electron chi connectivity index (χ0n) is 8.54. The molecule has 2 rings (SSSR count). The molecule has 0 aromatic carbocycles. The maximum absolute atomic E-state index is 10.0. The molecule has 0 radical (unpaired) electrons. The second-order valence-corrected chi connectivity index (χ2v) is 5.00. The molecule has 0 aromatic heterocycles. The van der Waals surface area contributed by atoms with Crippen LogP contribution < -0.4 is 0 Å². The van der Waals surface area contributed by atoms with E-state index >= 15 is 0 Å². The predicted octanol–water partition coefficient (Wildman–Crippen LogP) is 3.12. The van der Waals surface area contributed by atoms with Gasteiger partial charge in [0.05, 0.1) is 6.10 Å². The van der Waals surface area contributed by atoms with Crippen LogP contribution in [0.2, 0.25) is 0 Å². The molecule has 0 aliphatic heterocycles. The van der Waals surface area contributed by atoms with Gasteiger partial charge < -0.3 is 5.11 Å². The Kier molecular flexibility index (Phi) is 3.26. The Morgan fingerprint density at radius 2 is 1.62 bits per heavy atom. The van der Waals surface area contributed by atoms with E-state index in [4.69, 9.17) is 0 Å². The van der Waals surface area contributed by atoms with Crippen molar-refractivity contribution < 1.29 is 5.11 Å². The lowest BCUT2D eigenvalue weighted by Crippen LogP contribution is -2.27. The first-order chi connectivity index (χ1) is 6.36. The zero-order chi connectivity index (χ0) is 9.10. The maximum atomic E-state index is 10.0. The van der Waals surface area contributed by atoms with E-state index < -0.39 is 0 Å². The molecule has 0 aromatic rings. The standard InChI is InChI=1S/C12H22O/c13-12(9-10-5-4-6-10)11-7-2-1-3-8-11/h10-13H,1-9H2. The molecule has 1 nitrogen and oxygen atoms in total. The number of aliphatic hydroxyl groups is 1. The van der Waals surface area contributed by atoms with Gasteiger partial charge in [-0.1, -0.05) is 38.5 Å². The molecule has 0 heterocycles. The van der Waals surface area contributed by atoms with Crippen LogP contribution in [0.15, 0.2) is 0 Å². The van der Waals surface area contributed by atoms with Gasteiger partial charge >= 0.3 is 0 Å². The lowest BCUT2D eigenvalue weighted by Gasteiger charge is -2.32. The summed E-state index contributed by atoms with van der Waals surface area (Å²) < 4.78 is 0. The molecule has 1 atom stereocenters. The van der Waals surface area contributed by atoms with Crippen LogP contribution in [-0.4, -0.2) is 11.2 Å². The van der Waals surface area contributed by atoms with Gasteiger partial charge in [0.15, 0.2) is 0 Å². The second kappa shape index (κ2) is 4.45. The van der Waals surface area contributed by atoms with E-state index in [1.54, 1.807) is 0 Å². The summed E-state index contributed by atoms with van der Waals surface area (Å²) in [5.74, 6) is 1.52. The van der Waals surface area contributed by atoms with Crippen molar-refractivity contribution in [2.24, 2.45) is 11.8 Å². The Morgan fingerprint density at radius 1 is 0.923 bits per heavy atom. The monoisotopic (exact) mass is 182 g/mol. The van der Waals surface area contributed by atoms with Crippen molar-refractivity contribution in [1.29, 1.82) is 0 Å². The van der Waals surface area contributed by atoms with Gasteiger partial charge in [-0.2, -0.15) is 0 Å². The average molecular weight is 182 g/mol. The third-order valence-corrected chi connectivity index (χ3v) is 3.99. The highest BCUT2D eigenvalue weighted by atomic mass is 16.3. The second-order valence-electron chi connectivity index (χ2n) is 5.00. The van der Waals surface area contributed by atoms with Crippen LogP contribution in [0.5, 0.6) is 0 Å². The van der Waals surface area contributed by atoms with Crippen LogP contribution in [0.4, 0.5) is 0 Å². The summed E-state index contributed by atoms with van der Waals surface area (Å²) in [4.78, 5) is 0. The molecule has 1 heteroatoms. The van der Waals surface area contributed by atoms with Crippen LogP contribution in [-0.2, 0) is 0 Å². The summed E-state index contributed by atoms with van der Waals surface area (Å²) in [7, 11) is 0. The quantitative estimate of drug-likeness (QED) is 0.711. The van der Waals surface area contributed by atoms with Crippen LogP contribution in [0.25, 0.3) is 0 Å². The average Bonchev–Trinajstić information content (AvgIpc) is 2.12. The minimum absolute atomic E-state index is 0.0330. The molecule has 0 spiro atoms. The fourth-order valence-electron chi connectivity index (χ4n) is 2.78. The van der Waals surface area contributed by atoms with Gasteiger partial charge in [-0.25, -0.2) is 0 Å². The van der Waals surface area contributed by atoms with Crippen LogP contribution in [0, 0.1) is 11.8 Å². The molecular weight excluding hydrogens is 160 g/mol. The molecular formula is C12H22O. The molecule has 2 saturated carbocycles. The van der Waals surface area contributed by atoms with Gasteiger partial charge in [-0.3, -0.25) is 0 Å². The molecule has 2 aliphatic carbocycles. The number of rotatable bonds is 3. The van der Waals surface area contributed by atoms with Crippen molar-refractivity contribution in [3.8, 4) is 0 Å². The van der Waals surface area contributed by atoms with Gasteiger partial charge in [-0.15, -0.1) is 0 Å². The van der Waals surface area contributed by atoms with E-state index in [-0.39, 0.29) is 6.10 Å². The summed E-state index contributed by atoms with van der Waals surface area (Å²) in [5.41, 5.74) is 0. The third kappa shape index (κ3) is 2.46. The maximum Gasteiger partial charge on any atom is 0.0571 e. The van der Waals surface area contributed by atoms with Crippen LogP contribution in [0.3, 0.4) is 0 Å². The fourth-order valence-corrected chi connectivity index (χ4v) is 2.78. The molecule has 0 saturated heterocycles. The largest absolute Gasteiger partial charge is 0.393 e. The van der Waals surface area contributed by atoms with Crippen molar-refractivity contribution in [2.45, 2.75) is 63.9 Å². The van der Waals surface area contributed by atoms with E-state index in [1.165, 1.54) is 51.4 Å². The number of aliphatic hydroxyl groups excluding tert-OH is 1. The number of hydrogen-bond donors (Lipinski definition) is 1. The van der Waals surface area contributed by atoms with Crippen molar-refractivity contribution in [1.82, 2.24) is 0 Å². The van der Waals surface area contributed by atoms with Gasteiger partial charge in [0.2, 0.25) is 0 Å². The van der Waals surface area contributed by atoms with Crippen LogP contribution >= 0.6 is 0 Å². The van der Waals surface area contributed by atoms with Gasteiger partial charge in [0.25, 0.3) is 0 Å². The van der Waals surface area contributed by atoms with E-state index in [0.29, 0.717) is 5.92 Å². The topological polar surface area (TPSA) is 20.2 Å². The van der Waals surface area contributed by atoms with Crippen molar-refractivity contribution in [3.63, 3.8) is 0 Å². The molecule has 13 heavy (non-hydrogen) atoms. The minimum atomic E-state index is 0.0330. The Bertz CT molecular complexity index is 145. The SMILES string of the molecule is OC(CC1CCC1)C1CCCCC1. The Balaban J connectivity index is 1.70. The third-order valence-electron chi connectivity index (χ3n) is 3.99. The molecule has 76 valence electrons. The summed E-state index contributed by atoms with van der Waals surface area (Å²) in [6.45, 7) is 0. The zero-order valence-corrected chi connectivity index (χ0v) is 8.54. The lowest BCUT2D eigenvalue weighted by atomic mass is 9.76. The lowest BCUT2D eigenvalue weighted by molar-refractivity contribution is 0.0490. The summed E-state index contributed by atoms with van der Waals surface area (Å²) >= 11 is 0.